The first-order valence-corrected chi connectivity index (χ1v) is 10.1. The van der Waals surface area contributed by atoms with Gasteiger partial charge in [-0.05, 0) is 37.1 Å². The van der Waals surface area contributed by atoms with Gasteiger partial charge in [-0.1, -0.05) is 42.1 Å². The maximum absolute atomic E-state index is 13.2. The third-order valence-corrected chi connectivity index (χ3v) is 5.22. The molecule has 0 atom stereocenters. The zero-order valence-corrected chi connectivity index (χ0v) is 16.8. The molecule has 0 bridgehead atoms. The van der Waals surface area contributed by atoms with Gasteiger partial charge in [0.1, 0.15) is 0 Å². The predicted octanol–water partition coefficient (Wildman–Crippen LogP) is 2.94. The number of hydrogen-bond acceptors (Lipinski definition) is 5. The van der Waals surface area contributed by atoms with Crippen molar-refractivity contribution in [3.63, 3.8) is 0 Å². The summed E-state index contributed by atoms with van der Waals surface area (Å²) in [6.07, 6.45) is 0.759. The van der Waals surface area contributed by atoms with E-state index in [4.69, 9.17) is 4.74 Å². The van der Waals surface area contributed by atoms with E-state index in [0.29, 0.717) is 29.2 Å². The number of aryl methyl sites for hydroxylation is 1. The number of amides is 1. The number of methoxy groups -OCH3 is 1. The molecule has 0 aliphatic rings. The molecule has 6 nitrogen and oxygen atoms in total. The second kappa shape index (κ2) is 9.52. The van der Waals surface area contributed by atoms with Gasteiger partial charge in [-0.15, -0.1) is 0 Å². The molecule has 3 aromatic rings. The number of rotatable bonds is 8. The minimum atomic E-state index is -0.136. The standard InChI is InChI=1S/C21H23N3O3S/c1-15-8-3-6-11-18(15)24-20(26)16-9-4-5-10-17(16)23-21(24)28-14-19(25)22-12-7-13-27-2/h3-6,8-11H,7,12-14H2,1-2H3,(H,22,25). The Balaban J connectivity index is 1.92. The van der Waals surface area contributed by atoms with Crippen LogP contribution in [0.4, 0.5) is 0 Å². The number of aromatic nitrogens is 2. The molecule has 28 heavy (non-hydrogen) atoms. The molecule has 3 rings (SSSR count). The van der Waals surface area contributed by atoms with Gasteiger partial charge in [0.15, 0.2) is 5.16 Å². The van der Waals surface area contributed by atoms with Crippen LogP contribution in [0.25, 0.3) is 16.6 Å². The summed E-state index contributed by atoms with van der Waals surface area (Å²) in [5.74, 6) is 0.0868. The van der Waals surface area contributed by atoms with E-state index in [9.17, 15) is 9.59 Å². The number of carbonyl (C=O) groups excluding carboxylic acids is 1. The van der Waals surface area contributed by atoms with Crippen molar-refractivity contribution >= 4 is 28.6 Å². The van der Waals surface area contributed by atoms with Crippen molar-refractivity contribution in [3.8, 4) is 5.69 Å². The Morgan fingerprint density at radius 3 is 2.71 bits per heavy atom. The first-order valence-electron chi connectivity index (χ1n) is 9.08. The van der Waals surface area contributed by atoms with Crippen LogP contribution in [0.15, 0.2) is 58.5 Å². The average Bonchev–Trinajstić information content (AvgIpc) is 2.71. The highest BCUT2D eigenvalue weighted by Gasteiger charge is 2.15. The van der Waals surface area contributed by atoms with E-state index >= 15 is 0 Å². The number of benzene rings is 2. The normalized spacial score (nSPS) is 10.9. The number of para-hydroxylation sites is 2. The fourth-order valence-corrected chi connectivity index (χ4v) is 3.70. The Kier molecular flexibility index (Phi) is 6.84. The maximum atomic E-state index is 13.2. The van der Waals surface area contributed by atoms with Crippen LogP contribution in [-0.4, -0.2) is 41.5 Å². The highest BCUT2D eigenvalue weighted by Crippen LogP contribution is 2.22. The Hall–Kier alpha value is -2.64. The quantitative estimate of drug-likeness (QED) is 0.359. The van der Waals surface area contributed by atoms with Gasteiger partial charge in [0.25, 0.3) is 5.56 Å². The molecule has 0 saturated carbocycles. The van der Waals surface area contributed by atoms with Crippen molar-refractivity contribution in [3.05, 3.63) is 64.4 Å². The second-order valence-corrected chi connectivity index (χ2v) is 7.27. The van der Waals surface area contributed by atoms with E-state index in [0.717, 1.165) is 17.7 Å². The van der Waals surface area contributed by atoms with Crippen LogP contribution >= 0.6 is 11.8 Å². The summed E-state index contributed by atoms with van der Waals surface area (Å²) in [5.41, 5.74) is 2.23. The number of thioether (sulfide) groups is 1. The molecular formula is C21H23N3O3S. The minimum absolute atomic E-state index is 0.0974. The van der Waals surface area contributed by atoms with Crippen molar-refractivity contribution in [1.29, 1.82) is 0 Å². The largest absolute Gasteiger partial charge is 0.385 e. The van der Waals surface area contributed by atoms with Gasteiger partial charge in [0, 0.05) is 20.3 Å². The molecule has 0 spiro atoms. The van der Waals surface area contributed by atoms with Gasteiger partial charge in [-0.2, -0.15) is 0 Å². The lowest BCUT2D eigenvalue weighted by Gasteiger charge is -2.15. The number of fused-ring (bicyclic) bond motifs is 1. The summed E-state index contributed by atoms with van der Waals surface area (Å²) in [5, 5.41) is 3.91. The Morgan fingerprint density at radius 2 is 1.93 bits per heavy atom. The first-order chi connectivity index (χ1) is 13.6. The number of nitrogens with zero attached hydrogens (tertiary/aromatic N) is 2. The topological polar surface area (TPSA) is 73.2 Å². The fraction of sp³-hybridized carbons (Fsp3) is 0.286. The second-order valence-electron chi connectivity index (χ2n) is 6.32. The molecule has 1 aromatic heterocycles. The average molecular weight is 398 g/mol. The van der Waals surface area contributed by atoms with Crippen LogP contribution < -0.4 is 10.9 Å². The van der Waals surface area contributed by atoms with Crippen LogP contribution in [0.2, 0.25) is 0 Å². The van der Waals surface area contributed by atoms with Crippen LogP contribution in [-0.2, 0) is 9.53 Å². The number of hydrogen-bond donors (Lipinski definition) is 1. The maximum Gasteiger partial charge on any atom is 0.266 e. The Morgan fingerprint density at radius 1 is 1.18 bits per heavy atom. The lowest BCUT2D eigenvalue weighted by Crippen LogP contribution is -2.28. The van der Waals surface area contributed by atoms with E-state index in [1.54, 1.807) is 17.7 Å². The summed E-state index contributed by atoms with van der Waals surface area (Å²) < 4.78 is 6.58. The zero-order valence-electron chi connectivity index (χ0n) is 16.0. The van der Waals surface area contributed by atoms with Crippen molar-refractivity contribution < 1.29 is 9.53 Å². The molecule has 7 heteroatoms. The molecule has 0 saturated heterocycles. The smallest absolute Gasteiger partial charge is 0.266 e. The van der Waals surface area contributed by atoms with E-state index in [-0.39, 0.29) is 17.2 Å². The molecule has 0 radical (unpaired) electrons. The molecule has 0 aliphatic carbocycles. The molecule has 1 N–H and O–H groups in total. The molecule has 0 unspecified atom stereocenters. The Labute approximate surface area is 167 Å². The van der Waals surface area contributed by atoms with Gasteiger partial charge < -0.3 is 10.1 Å². The molecule has 1 amide bonds. The van der Waals surface area contributed by atoms with E-state index < -0.39 is 0 Å². The minimum Gasteiger partial charge on any atom is -0.385 e. The lowest BCUT2D eigenvalue weighted by atomic mass is 10.2. The molecule has 0 fully saturated rings. The van der Waals surface area contributed by atoms with E-state index in [1.165, 1.54) is 11.8 Å². The Bertz CT molecular complexity index is 1030. The highest BCUT2D eigenvalue weighted by atomic mass is 32.2. The summed E-state index contributed by atoms with van der Waals surface area (Å²) in [7, 11) is 1.63. The first kappa shape index (κ1) is 20.1. The van der Waals surface area contributed by atoms with Crippen LogP contribution in [0.1, 0.15) is 12.0 Å². The zero-order chi connectivity index (χ0) is 19.9. The van der Waals surface area contributed by atoms with Crippen LogP contribution in [0.3, 0.4) is 0 Å². The van der Waals surface area contributed by atoms with Crippen molar-refractivity contribution in [1.82, 2.24) is 14.9 Å². The van der Waals surface area contributed by atoms with E-state index in [1.807, 2.05) is 49.4 Å². The van der Waals surface area contributed by atoms with E-state index in [2.05, 4.69) is 10.3 Å². The summed E-state index contributed by atoms with van der Waals surface area (Å²) in [4.78, 5) is 30.0. The SMILES string of the molecule is COCCCNC(=O)CSc1nc2ccccc2c(=O)n1-c1ccccc1C. The lowest BCUT2D eigenvalue weighted by molar-refractivity contribution is -0.118. The van der Waals surface area contributed by atoms with Crippen molar-refractivity contribution in [2.24, 2.45) is 0 Å². The van der Waals surface area contributed by atoms with Crippen LogP contribution in [0, 0.1) is 6.92 Å². The molecule has 0 aliphatic heterocycles. The summed E-state index contributed by atoms with van der Waals surface area (Å²) >= 11 is 1.26. The predicted molar refractivity (Wildman–Crippen MR) is 112 cm³/mol. The molecule has 146 valence electrons. The van der Waals surface area contributed by atoms with Gasteiger partial charge in [0.2, 0.25) is 5.91 Å². The van der Waals surface area contributed by atoms with Crippen LogP contribution in [0.5, 0.6) is 0 Å². The third kappa shape index (κ3) is 4.61. The molecular weight excluding hydrogens is 374 g/mol. The monoisotopic (exact) mass is 397 g/mol. The molecule has 1 heterocycles. The fourth-order valence-electron chi connectivity index (χ4n) is 2.86. The number of nitrogens with one attached hydrogen (secondary N) is 1. The van der Waals surface area contributed by atoms with Gasteiger partial charge >= 0.3 is 0 Å². The van der Waals surface area contributed by atoms with Crippen molar-refractivity contribution in [2.75, 3.05) is 26.0 Å². The third-order valence-electron chi connectivity index (χ3n) is 4.28. The van der Waals surface area contributed by atoms with Crippen molar-refractivity contribution in [2.45, 2.75) is 18.5 Å². The van der Waals surface area contributed by atoms with Gasteiger partial charge in [-0.3, -0.25) is 14.2 Å². The molecule has 2 aromatic carbocycles. The number of carbonyl (C=O) groups is 1. The summed E-state index contributed by atoms with van der Waals surface area (Å²) in [6, 6.07) is 14.9. The van der Waals surface area contributed by atoms with Gasteiger partial charge in [0.05, 0.1) is 22.3 Å². The number of ether oxygens (including phenoxy) is 1. The highest BCUT2D eigenvalue weighted by molar-refractivity contribution is 7.99. The van der Waals surface area contributed by atoms with Gasteiger partial charge in [-0.25, -0.2) is 4.98 Å². The summed E-state index contributed by atoms with van der Waals surface area (Å²) in [6.45, 7) is 3.11.